The highest BCUT2D eigenvalue weighted by Crippen LogP contribution is 2.41. The summed E-state index contributed by atoms with van der Waals surface area (Å²) in [5.74, 6) is -0.719. The maximum atomic E-state index is 12.7. The summed E-state index contributed by atoms with van der Waals surface area (Å²) in [5.41, 5.74) is 3.50. The molecule has 0 radical (unpaired) electrons. The molecule has 8 heteroatoms. The van der Waals surface area contributed by atoms with Crippen LogP contribution in [0.25, 0.3) is 0 Å². The van der Waals surface area contributed by atoms with Gasteiger partial charge in [0.05, 0.1) is 0 Å². The largest absolute Gasteiger partial charge is 0.357 e. The number of aromatic nitrogens is 1. The van der Waals surface area contributed by atoms with Crippen LogP contribution in [0.1, 0.15) is 63.6 Å². The van der Waals surface area contributed by atoms with Crippen LogP contribution in [0.3, 0.4) is 0 Å². The third kappa shape index (κ3) is 3.10. The number of anilines is 1. The number of fused-ring (bicyclic) bond motifs is 1. The molecule has 1 unspecified atom stereocenters. The number of carbonyl (C=O) groups excluding carboxylic acids is 4. The quantitative estimate of drug-likeness (QED) is 0.690. The van der Waals surface area contributed by atoms with Crippen molar-refractivity contribution in [3.63, 3.8) is 0 Å². The molecule has 29 heavy (non-hydrogen) atoms. The molecule has 3 N–H and O–H groups in total. The molecule has 2 fully saturated rings. The first-order valence-corrected chi connectivity index (χ1v) is 9.77. The van der Waals surface area contributed by atoms with Gasteiger partial charge in [0.1, 0.15) is 11.7 Å². The molecule has 0 spiro atoms. The average Bonchev–Trinajstić information content (AvgIpc) is 3.32. The van der Waals surface area contributed by atoms with Gasteiger partial charge in [-0.25, -0.2) is 0 Å². The normalized spacial score (nSPS) is 21.2. The number of nitrogens with zero attached hydrogens (tertiary/aromatic N) is 1. The van der Waals surface area contributed by atoms with Gasteiger partial charge in [-0.1, -0.05) is 0 Å². The highest BCUT2D eigenvalue weighted by atomic mass is 16.2. The average molecular weight is 392 g/mol. The number of H-pyrrole nitrogens is 1. The van der Waals surface area contributed by atoms with Gasteiger partial charge in [-0.15, -0.1) is 0 Å². The lowest BCUT2D eigenvalue weighted by Crippen LogP contribution is -2.52. The van der Waals surface area contributed by atoms with Gasteiger partial charge in [0.25, 0.3) is 11.8 Å². The van der Waals surface area contributed by atoms with Crippen LogP contribution in [-0.4, -0.2) is 39.6 Å². The monoisotopic (exact) mass is 392 g/mol. The number of carbonyl (C=O) groups is 4. The highest BCUT2D eigenvalue weighted by Gasteiger charge is 2.39. The van der Waals surface area contributed by atoms with Crippen LogP contribution >= 0.6 is 0 Å². The van der Waals surface area contributed by atoms with Crippen molar-refractivity contribution in [2.24, 2.45) is 0 Å². The number of imide groups is 1. The molecule has 3 aliphatic rings. The van der Waals surface area contributed by atoms with Crippen molar-refractivity contribution in [3.05, 3.63) is 52.8 Å². The molecule has 4 amide bonds. The molecule has 1 aromatic carbocycles. The van der Waals surface area contributed by atoms with E-state index in [1.165, 1.54) is 4.90 Å². The fraction of sp³-hybridized carbons (Fsp3) is 0.333. The Morgan fingerprint density at radius 2 is 1.93 bits per heavy atom. The van der Waals surface area contributed by atoms with E-state index in [0.717, 1.165) is 24.0 Å². The minimum atomic E-state index is -0.648. The van der Waals surface area contributed by atoms with E-state index in [-0.39, 0.29) is 30.7 Å². The summed E-state index contributed by atoms with van der Waals surface area (Å²) in [6.07, 6.45) is 4.54. The zero-order valence-electron chi connectivity index (χ0n) is 15.7. The maximum Gasteiger partial charge on any atom is 0.272 e. The SMILES string of the molecule is O=C1CCC(N2Cc3cc(NC(=O)c4[nH]ccc4C4CC4)ccc3C2=O)C(=O)N1. The molecule has 3 heterocycles. The van der Waals surface area contributed by atoms with Gasteiger partial charge < -0.3 is 15.2 Å². The number of piperidine rings is 1. The number of hydrogen-bond donors (Lipinski definition) is 3. The topological polar surface area (TPSA) is 111 Å². The van der Waals surface area contributed by atoms with Gasteiger partial charge in [0.2, 0.25) is 11.8 Å². The van der Waals surface area contributed by atoms with E-state index >= 15 is 0 Å². The summed E-state index contributed by atoms with van der Waals surface area (Å²) in [7, 11) is 0. The number of nitrogens with one attached hydrogen (secondary N) is 3. The fourth-order valence-corrected chi connectivity index (χ4v) is 4.16. The second-order valence-corrected chi connectivity index (χ2v) is 7.81. The summed E-state index contributed by atoms with van der Waals surface area (Å²) in [6, 6.07) is 6.45. The Morgan fingerprint density at radius 1 is 1.10 bits per heavy atom. The maximum absolute atomic E-state index is 12.7. The van der Waals surface area contributed by atoms with Crippen molar-refractivity contribution in [1.29, 1.82) is 0 Å². The lowest BCUT2D eigenvalue weighted by atomic mass is 10.0. The number of amides is 4. The third-order valence-electron chi connectivity index (χ3n) is 5.80. The van der Waals surface area contributed by atoms with Gasteiger partial charge >= 0.3 is 0 Å². The molecule has 0 bridgehead atoms. The summed E-state index contributed by atoms with van der Waals surface area (Å²) < 4.78 is 0. The molecule has 8 nitrogen and oxygen atoms in total. The van der Waals surface area contributed by atoms with Crippen molar-refractivity contribution >= 4 is 29.3 Å². The van der Waals surface area contributed by atoms with Crippen LogP contribution in [-0.2, 0) is 16.1 Å². The molecular weight excluding hydrogens is 372 g/mol. The van der Waals surface area contributed by atoms with Crippen LogP contribution in [0.15, 0.2) is 30.5 Å². The minimum Gasteiger partial charge on any atom is -0.357 e. The molecule has 1 saturated heterocycles. The first-order valence-electron chi connectivity index (χ1n) is 9.77. The van der Waals surface area contributed by atoms with Crippen molar-refractivity contribution in [2.75, 3.05) is 5.32 Å². The molecule has 5 rings (SSSR count). The van der Waals surface area contributed by atoms with E-state index in [9.17, 15) is 19.2 Å². The Labute approximate surface area is 166 Å². The number of rotatable bonds is 4. The Balaban J connectivity index is 1.33. The minimum absolute atomic E-state index is 0.205. The van der Waals surface area contributed by atoms with Gasteiger partial charge in [-0.2, -0.15) is 0 Å². The molecule has 2 aromatic rings. The summed E-state index contributed by atoms with van der Waals surface area (Å²) >= 11 is 0. The predicted octanol–water partition coefficient (Wildman–Crippen LogP) is 1.91. The molecular formula is C21H20N4O4. The lowest BCUT2D eigenvalue weighted by Gasteiger charge is -2.29. The number of benzene rings is 1. The molecule has 148 valence electrons. The van der Waals surface area contributed by atoms with Crippen LogP contribution in [0.4, 0.5) is 5.69 Å². The second kappa shape index (κ2) is 6.58. The number of hydrogen-bond acceptors (Lipinski definition) is 4. The van der Waals surface area contributed by atoms with Gasteiger partial charge in [0.15, 0.2) is 0 Å². The first kappa shape index (κ1) is 17.7. The molecule has 1 aromatic heterocycles. The van der Waals surface area contributed by atoms with E-state index < -0.39 is 11.9 Å². The fourth-order valence-electron chi connectivity index (χ4n) is 4.16. The van der Waals surface area contributed by atoms with Crippen LogP contribution in [0, 0.1) is 0 Å². The van der Waals surface area contributed by atoms with E-state index in [0.29, 0.717) is 29.3 Å². The molecule has 1 atom stereocenters. The van der Waals surface area contributed by atoms with Crippen molar-refractivity contribution in [1.82, 2.24) is 15.2 Å². The van der Waals surface area contributed by atoms with Crippen LogP contribution < -0.4 is 10.6 Å². The number of aromatic amines is 1. The van der Waals surface area contributed by atoms with Crippen molar-refractivity contribution < 1.29 is 19.2 Å². The van der Waals surface area contributed by atoms with Crippen molar-refractivity contribution in [2.45, 2.75) is 44.2 Å². The van der Waals surface area contributed by atoms with Gasteiger partial charge in [0, 0.05) is 30.4 Å². The van der Waals surface area contributed by atoms with Gasteiger partial charge in [-0.05, 0) is 60.6 Å². The Hall–Kier alpha value is -3.42. The standard InChI is InChI=1S/C21H20N4O4/c26-17-6-5-16(19(27)24-17)25-10-12-9-13(3-4-15(12)21(25)29)23-20(28)18-14(7-8-22-18)11-1-2-11/h3-4,7-9,11,16,22H,1-2,5-6,10H2,(H,23,28)(H,24,26,27). The Morgan fingerprint density at radius 3 is 2.69 bits per heavy atom. The zero-order valence-corrected chi connectivity index (χ0v) is 15.7. The highest BCUT2D eigenvalue weighted by molar-refractivity contribution is 6.07. The van der Waals surface area contributed by atoms with Gasteiger partial charge in [-0.3, -0.25) is 24.5 Å². The lowest BCUT2D eigenvalue weighted by molar-refractivity contribution is -0.136. The first-order chi connectivity index (χ1) is 14.0. The van der Waals surface area contributed by atoms with Crippen LogP contribution in [0.5, 0.6) is 0 Å². The second-order valence-electron chi connectivity index (χ2n) is 7.81. The van der Waals surface area contributed by atoms with E-state index in [1.54, 1.807) is 24.4 Å². The van der Waals surface area contributed by atoms with E-state index in [1.807, 2.05) is 6.07 Å². The predicted molar refractivity (Wildman–Crippen MR) is 103 cm³/mol. The molecule has 1 saturated carbocycles. The summed E-state index contributed by atoms with van der Waals surface area (Å²) in [5, 5.41) is 5.19. The van der Waals surface area contributed by atoms with E-state index in [2.05, 4.69) is 15.6 Å². The smallest absolute Gasteiger partial charge is 0.272 e. The summed E-state index contributed by atoms with van der Waals surface area (Å²) in [4.78, 5) is 53.4. The third-order valence-corrected chi connectivity index (χ3v) is 5.80. The van der Waals surface area contributed by atoms with Crippen molar-refractivity contribution in [3.8, 4) is 0 Å². The van der Waals surface area contributed by atoms with Crippen LogP contribution in [0.2, 0.25) is 0 Å². The Kier molecular flexibility index (Phi) is 4.01. The zero-order chi connectivity index (χ0) is 20.1. The Bertz CT molecular complexity index is 1050. The molecule has 1 aliphatic carbocycles. The van der Waals surface area contributed by atoms with E-state index in [4.69, 9.17) is 0 Å². The summed E-state index contributed by atoms with van der Waals surface area (Å²) in [6.45, 7) is 0.278. The molecule has 2 aliphatic heterocycles.